The molecule has 1 amide bonds. The SMILES string of the molecule is CCCC1(N2CCC(Br)C2=O)CC1. The Hall–Kier alpha value is -0.0500. The molecular formula is C10H16BrNO. The summed E-state index contributed by atoms with van der Waals surface area (Å²) >= 11 is 3.42. The van der Waals surface area contributed by atoms with E-state index in [1.165, 1.54) is 25.7 Å². The molecule has 1 saturated carbocycles. The molecule has 2 aliphatic rings. The Morgan fingerprint density at radius 2 is 2.31 bits per heavy atom. The minimum Gasteiger partial charge on any atom is -0.336 e. The molecule has 0 aromatic rings. The van der Waals surface area contributed by atoms with E-state index < -0.39 is 0 Å². The number of hydrogen-bond acceptors (Lipinski definition) is 1. The summed E-state index contributed by atoms with van der Waals surface area (Å²) in [6.07, 6.45) is 5.83. The van der Waals surface area contributed by atoms with Crippen molar-refractivity contribution in [3.8, 4) is 0 Å². The largest absolute Gasteiger partial charge is 0.336 e. The van der Waals surface area contributed by atoms with Crippen molar-refractivity contribution in [3.63, 3.8) is 0 Å². The Labute approximate surface area is 87.8 Å². The fourth-order valence-electron chi connectivity index (χ4n) is 2.38. The van der Waals surface area contributed by atoms with Crippen LogP contribution in [0.4, 0.5) is 0 Å². The van der Waals surface area contributed by atoms with Crippen LogP contribution in [0, 0.1) is 0 Å². The van der Waals surface area contributed by atoms with E-state index in [1.807, 2.05) is 0 Å². The molecule has 2 nitrogen and oxygen atoms in total. The fourth-order valence-corrected chi connectivity index (χ4v) is 2.83. The van der Waals surface area contributed by atoms with Gasteiger partial charge in [0.05, 0.1) is 4.83 Å². The first-order valence-corrected chi connectivity index (χ1v) is 6.07. The molecule has 0 bridgehead atoms. The highest BCUT2D eigenvalue weighted by atomic mass is 79.9. The molecule has 2 rings (SSSR count). The van der Waals surface area contributed by atoms with E-state index in [4.69, 9.17) is 0 Å². The monoisotopic (exact) mass is 245 g/mol. The molecule has 74 valence electrons. The number of amides is 1. The minimum absolute atomic E-state index is 0.0989. The van der Waals surface area contributed by atoms with Crippen LogP contribution in [-0.2, 0) is 4.79 Å². The van der Waals surface area contributed by atoms with Crippen LogP contribution in [0.15, 0.2) is 0 Å². The van der Waals surface area contributed by atoms with E-state index in [9.17, 15) is 4.79 Å². The lowest BCUT2D eigenvalue weighted by molar-refractivity contribution is -0.130. The molecule has 0 N–H and O–H groups in total. The summed E-state index contributed by atoms with van der Waals surface area (Å²) in [6.45, 7) is 3.17. The minimum atomic E-state index is 0.0989. The van der Waals surface area contributed by atoms with E-state index in [-0.39, 0.29) is 10.4 Å². The maximum Gasteiger partial charge on any atom is 0.236 e. The first-order chi connectivity index (χ1) is 6.19. The molecule has 1 atom stereocenters. The number of hydrogen-bond donors (Lipinski definition) is 0. The Kier molecular flexibility index (Phi) is 2.39. The molecule has 1 unspecified atom stereocenters. The maximum absolute atomic E-state index is 11.7. The van der Waals surface area contributed by atoms with Crippen LogP contribution in [0.25, 0.3) is 0 Å². The summed E-state index contributed by atoms with van der Waals surface area (Å²) < 4.78 is 0. The lowest BCUT2D eigenvalue weighted by Crippen LogP contribution is -2.39. The molecule has 13 heavy (non-hydrogen) atoms. The average molecular weight is 246 g/mol. The van der Waals surface area contributed by atoms with Crippen molar-refractivity contribution in [2.45, 2.75) is 49.4 Å². The first-order valence-electron chi connectivity index (χ1n) is 5.15. The van der Waals surface area contributed by atoms with Crippen molar-refractivity contribution in [1.82, 2.24) is 4.90 Å². The highest BCUT2D eigenvalue weighted by Crippen LogP contribution is 2.47. The fraction of sp³-hybridized carbons (Fsp3) is 0.900. The van der Waals surface area contributed by atoms with Crippen LogP contribution in [0.2, 0.25) is 0 Å². The van der Waals surface area contributed by atoms with Crippen molar-refractivity contribution >= 4 is 21.8 Å². The summed E-state index contributed by atoms with van der Waals surface area (Å²) in [7, 11) is 0. The highest BCUT2D eigenvalue weighted by molar-refractivity contribution is 9.10. The van der Waals surface area contributed by atoms with Gasteiger partial charge >= 0.3 is 0 Å². The molecule has 1 saturated heterocycles. The van der Waals surface area contributed by atoms with Gasteiger partial charge in [-0.15, -0.1) is 0 Å². The molecule has 0 radical (unpaired) electrons. The lowest BCUT2D eigenvalue weighted by atomic mass is 10.1. The quantitative estimate of drug-likeness (QED) is 0.700. The topological polar surface area (TPSA) is 20.3 Å². The third-order valence-electron chi connectivity index (χ3n) is 3.26. The zero-order valence-corrected chi connectivity index (χ0v) is 9.64. The summed E-state index contributed by atoms with van der Waals surface area (Å²) in [5.41, 5.74) is 0.286. The predicted molar refractivity (Wildman–Crippen MR) is 55.9 cm³/mol. The molecule has 3 heteroatoms. The molecule has 0 spiro atoms. The van der Waals surface area contributed by atoms with Gasteiger partial charge in [0.1, 0.15) is 0 Å². The van der Waals surface area contributed by atoms with Crippen LogP contribution in [0.5, 0.6) is 0 Å². The number of carbonyl (C=O) groups is 1. The van der Waals surface area contributed by atoms with Gasteiger partial charge < -0.3 is 4.90 Å². The van der Waals surface area contributed by atoms with Gasteiger partial charge in [-0.1, -0.05) is 29.3 Å². The van der Waals surface area contributed by atoms with Crippen LogP contribution in [0.3, 0.4) is 0 Å². The van der Waals surface area contributed by atoms with Crippen molar-refractivity contribution in [2.24, 2.45) is 0 Å². The zero-order valence-electron chi connectivity index (χ0n) is 8.05. The summed E-state index contributed by atoms with van der Waals surface area (Å²) in [5, 5.41) is 0. The van der Waals surface area contributed by atoms with Crippen molar-refractivity contribution < 1.29 is 4.79 Å². The molecule has 0 aromatic carbocycles. The molecule has 1 aliphatic heterocycles. The van der Waals surface area contributed by atoms with Crippen molar-refractivity contribution in [2.75, 3.05) is 6.54 Å². The van der Waals surface area contributed by atoms with Crippen molar-refractivity contribution in [1.29, 1.82) is 0 Å². The standard InChI is InChI=1S/C10H16BrNO/c1-2-4-10(5-6-10)12-7-3-8(11)9(12)13/h8H,2-7H2,1H3. The lowest BCUT2D eigenvalue weighted by Gasteiger charge is -2.27. The van der Waals surface area contributed by atoms with Gasteiger partial charge in [-0.3, -0.25) is 4.79 Å². The molecule has 2 fully saturated rings. The summed E-state index contributed by atoms with van der Waals surface area (Å²) in [6, 6.07) is 0. The predicted octanol–water partition coefficient (Wildman–Crippen LogP) is 2.31. The van der Waals surface area contributed by atoms with Gasteiger partial charge in [0, 0.05) is 12.1 Å². The normalized spacial score (nSPS) is 31.1. The van der Waals surface area contributed by atoms with Gasteiger partial charge in [-0.25, -0.2) is 0 Å². The van der Waals surface area contributed by atoms with Crippen LogP contribution in [-0.4, -0.2) is 27.7 Å². The van der Waals surface area contributed by atoms with Gasteiger partial charge in [0.25, 0.3) is 0 Å². The second-order valence-corrected chi connectivity index (χ2v) is 5.33. The Bertz CT molecular complexity index is 225. The van der Waals surface area contributed by atoms with E-state index in [0.29, 0.717) is 5.91 Å². The Balaban J connectivity index is 2.05. The smallest absolute Gasteiger partial charge is 0.236 e. The second kappa shape index (κ2) is 3.26. The first kappa shape index (κ1) is 9.50. The van der Waals surface area contributed by atoms with Crippen LogP contribution in [0.1, 0.15) is 39.0 Å². The van der Waals surface area contributed by atoms with Gasteiger partial charge in [-0.05, 0) is 25.7 Å². The Morgan fingerprint density at radius 1 is 1.62 bits per heavy atom. The average Bonchev–Trinajstić information content (AvgIpc) is 2.79. The number of carbonyl (C=O) groups excluding carboxylic acids is 1. The summed E-state index contributed by atoms with van der Waals surface area (Å²) in [5.74, 6) is 0.325. The zero-order chi connectivity index (χ0) is 9.47. The van der Waals surface area contributed by atoms with Crippen LogP contribution >= 0.6 is 15.9 Å². The highest BCUT2D eigenvalue weighted by Gasteiger charge is 2.51. The van der Waals surface area contributed by atoms with Crippen LogP contribution < -0.4 is 0 Å². The number of halogens is 1. The maximum atomic E-state index is 11.7. The Morgan fingerprint density at radius 3 is 2.69 bits per heavy atom. The molecular weight excluding hydrogens is 230 g/mol. The number of likely N-dealkylation sites (tertiary alicyclic amines) is 1. The number of rotatable bonds is 3. The van der Waals surface area contributed by atoms with Crippen molar-refractivity contribution in [3.05, 3.63) is 0 Å². The van der Waals surface area contributed by atoms with E-state index in [0.717, 1.165) is 13.0 Å². The third kappa shape index (κ3) is 1.51. The van der Waals surface area contributed by atoms with E-state index >= 15 is 0 Å². The molecule has 1 aliphatic carbocycles. The second-order valence-electron chi connectivity index (χ2n) is 4.22. The number of nitrogens with zero attached hydrogens (tertiary/aromatic N) is 1. The molecule has 0 aromatic heterocycles. The van der Waals surface area contributed by atoms with Gasteiger partial charge in [0.15, 0.2) is 0 Å². The van der Waals surface area contributed by atoms with Gasteiger partial charge in [-0.2, -0.15) is 0 Å². The van der Waals surface area contributed by atoms with E-state index in [1.54, 1.807) is 0 Å². The summed E-state index contributed by atoms with van der Waals surface area (Å²) in [4.78, 5) is 14.0. The number of alkyl halides is 1. The molecule has 1 heterocycles. The third-order valence-corrected chi connectivity index (χ3v) is 4.10. The van der Waals surface area contributed by atoms with Gasteiger partial charge in [0.2, 0.25) is 5.91 Å². The van der Waals surface area contributed by atoms with E-state index in [2.05, 4.69) is 27.8 Å².